The fourth-order valence-corrected chi connectivity index (χ4v) is 3.11. The van der Waals surface area contributed by atoms with E-state index in [4.69, 9.17) is 23.8 Å². The number of thiophene rings is 1. The molecule has 6 heteroatoms. The molecule has 1 aromatic heterocycles. The first-order valence-electron chi connectivity index (χ1n) is 5.81. The van der Waals surface area contributed by atoms with E-state index in [0.29, 0.717) is 15.8 Å². The van der Waals surface area contributed by atoms with Crippen LogP contribution in [0.5, 0.6) is 0 Å². The van der Waals surface area contributed by atoms with E-state index in [9.17, 15) is 4.79 Å². The smallest absolute Gasteiger partial charge is 0.273 e. The number of carbonyl (C=O) groups excluding carboxylic acids is 1. The quantitative estimate of drug-likeness (QED) is 0.658. The molecule has 20 heavy (non-hydrogen) atoms. The Morgan fingerprint density at radius 1 is 1.10 bits per heavy atom. The van der Waals surface area contributed by atoms with Crippen molar-refractivity contribution in [3.8, 4) is 10.4 Å². The van der Waals surface area contributed by atoms with Crippen LogP contribution in [0.1, 0.15) is 4.88 Å². The molecule has 1 aromatic carbocycles. The topological polar surface area (TPSA) is 41.1 Å². The fraction of sp³-hybridized carbons (Fsp3) is 0. The normalized spacial score (nSPS) is 16.4. The van der Waals surface area contributed by atoms with E-state index in [-0.39, 0.29) is 5.91 Å². The van der Waals surface area contributed by atoms with Gasteiger partial charge < -0.3 is 5.32 Å². The van der Waals surface area contributed by atoms with Gasteiger partial charge in [-0.15, -0.1) is 11.3 Å². The molecule has 3 rings (SSSR count). The van der Waals surface area contributed by atoms with Crippen molar-refractivity contribution >= 4 is 52.3 Å². The maximum atomic E-state index is 11.6. The predicted octanol–water partition coefficient (Wildman–Crippen LogP) is 3.41. The van der Waals surface area contributed by atoms with E-state index in [1.54, 1.807) is 17.4 Å². The van der Waals surface area contributed by atoms with E-state index in [1.807, 2.05) is 36.4 Å². The van der Waals surface area contributed by atoms with Gasteiger partial charge in [-0.2, -0.15) is 0 Å². The number of thiocarbonyl (C=S) groups is 1. The summed E-state index contributed by atoms with van der Waals surface area (Å²) in [4.78, 5) is 13.7. The van der Waals surface area contributed by atoms with E-state index in [0.717, 1.165) is 15.3 Å². The van der Waals surface area contributed by atoms with Crippen LogP contribution >= 0.6 is 35.2 Å². The molecule has 2 heterocycles. The average molecular weight is 321 g/mol. The number of hydrogen-bond acceptors (Lipinski definition) is 3. The average Bonchev–Trinajstić information content (AvgIpc) is 2.98. The molecule has 1 amide bonds. The number of carbonyl (C=O) groups is 1. The Morgan fingerprint density at radius 3 is 2.50 bits per heavy atom. The number of benzene rings is 1. The van der Waals surface area contributed by atoms with Crippen molar-refractivity contribution in [3.05, 3.63) is 52.0 Å². The Bertz CT molecular complexity index is 719. The number of halogens is 1. The summed E-state index contributed by atoms with van der Waals surface area (Å²) in [5, 5.41) is 6.42. The molecular weight excluding hydrogens is 312 g/mol. The van der Waals surface area contributed by atoms with Gasteiger partial charge in [0.05, 0.1) is 0 Å². The zero-order chi connectivity index (χ0) is 14.1. The highest BCUT2D eigenvalue weighted by Crippen LogP contribution is 2.30. The number of hydrogen-bond donors (Lipinski definition) is 2. The van der Waals surface area contributed by atoms with Crippen LogP contribution in [0.3, 0.4) is 0 Å². The molecule has 1 saturated heterocycles. The van der Waals surface area contributed by atoms with Crippen molar-refractivity contribution in [1.82, 2.24) is 10.6 Å². The van der Waals surface area contributed by atoms with Gasteiger partial charge in [-0.05, 0) is 48.1 Å². The van der Waals surface area contributed by atoms with Gasteiger partial charge in [0.25, 0.3) is 5.91 Å². The summed E-state index contributed by atoms with van der Waals surface area (Å²) in [6.45, 7) is 0. The molecule has 2 aromatic rings. The summed E-state index contributed by atoms with van der Waals surface area (Å²) >= 11 is 12.4. The van der Waals surface area contributed by atoms with Crippen molar-refractivity contribution in [3.63, 3.8) is 0 Å². The Balaban J connectivity index is 1.87. The van der Waals surface area contributed by atoms with Crippen LogP contribution in [0, 0.1) is 0 Å². The number of nitrogens with one attached hydrogen (secondary N) is 2. The van der Waals surface area contributed by atoms with Gasteiger partial charge >= 0.3 is 0 Å². The zero-order valence-electron chi connectivity index (χ0n) is 10.1. The van der Waals surface area contributed by atoms with Gasteiger partial charge in [0.2, 0.25) is 0 Å². The van der Waals surface area contributed by atoms with Crippen molar-refractivity contribution in [2.75, 3.05) is 0 Å². The van der Waals surface area contributed by atoms with Crippen molar-refractivity contribution in [2.45, 2.75) is 0 Å². The van der Waals surface area contributed by atoms with E-state index >= 15 is 0 Å². The lowest BCUT2D eigenvalue weighted by molar-refractivity contribution is -0.115. The Labute approximate surface area is 130 Å². The number of rotatable bonds is 2. The maximum Gasteiger partial charge on any atom is 0.273 e. The van der Waals surface area contributed by atoms with Crippen LogP contribution in [0.2, 0.25) is 5.02 Å². The predicted molar refractivity (Wildman–Crippen MR) is 86.6 cm³/mol. The minimum absolute atomic E-state index is 0.198. The molecule has 2 N–H and O–H groups in total. The molecule has 1 fully saturated rings. The third kappa shape index (κ3) is 2.75. The first-order chi connectivity index (χ1) is 9.61. The highest BCUT2D eigenvalue weighted by Gasteiger charge is 2.20. The van der Waals surface area contributed by atoms with Crippen LogP contribution in [0.25, 0.3) is 16.5 Å². The highest BCUT2D eigenvalue weighted by molar-refractivity contribution is 7.80. The minimum Gasteiger partial charge on any atom is -0.328 e. The lowest BCUT2D eigenvalue weighted by atomic mass is 10.2. The van der Waals surface area contributed by atoms with Gasteiger partial charge in [0, 0.05) is 14.8 Å². The van der Waals surface area contributed by atoms with Crippen LogP contribution in [-0.2, 0) is 4.79 Å². The summed E-state index contributed by atoms with van der Waals surface area (Å²) in [6.07, 6.45) is 1.79. The first-order valence-corrected chi connectivity index (χ1v) is 7.42. The van der Waals surface area contributed by atoms with Gasteiger partial charge in [0.15, 0.2) is 5.11 Å². The maximum absolute atomic E-state index is 11.6. The SMILES string of the molecule is O=C1NC(=S)N/C1=C/c1ccc(-c2ccc(Cl)cc2)s1. The van der Waals surface area contributed by atoms with Crippen LogP contribution in [0.4, 0.5) is 0 Å². The molecule has 1 aliphatic rings. The summed E-state index contributed by atoms with van der Waals surface area (Å²) in [5.74, 6) is -0.198. The van der Waals surface area contributed by atoms with Crippen LogP contribution in [-0.4, -0.2) is 11.0 Å². The van der Waals surface area contributed by atoms with Gasteiger partial charge in [-0.3, -0.25) is 10.1 Å². The minimum atomic E-state index is -0.198. The van der Waals surface area contributed by atoms with Crippen LogP contribution in [0.15, 0.2) is 42.1 Å². The summed E-state index contributed by atoms with van der Waals surface area (Å²) in [7, 11) is 0. The molecule has 0 radical (unpaired) electrons. The zero-order valence-corrected chi connectivity index (χ0v) is 12.5. The number of amides is 1. The van der Waals surface area contributed by atoms with E-state index in [1.165, 1.54) is 0 Å². The lowest BCUT2D eigenvalue weighted by Crippen LogP contribution is -2.21. The fourth-order valence-electron chi connectivity index (χ4n) is 1.82. The van der Waals surface area contributed by atoms with Crippen molar-refractivity contribution in [1.29, 1.82) is 0 Å². The Morgan fingerprint density at radius 2 is 1.85 bits per heavy atom. The second kappa shape index (κ2) is 5.36. The Hall–Kier alpha value is -1.69. The van der Waals surface area contributed by atoms with E-state index in [2.05, 4.69) is 10.6 Å². The second-order valence-electron chi connectivity index (χ2n) is 4.18. The monoisotopic (exact) mass is 320 g/mol. The lowest BCUT2D eigenvalue weighted by Gasteiger charge is -1.96. The molecule has 0 spiro atoms. The first kappa shape index (κ1) is 13.3. The Kier molecular flexibility index (Phi) is 3.56. The molecule has 3 nitrogen and oxygen atoms in total. The van der Waals surface area contributed by atoms with Crippen LogP contribution < -0.4 is 10.6 Å². The van der Waals surface area contributed by atoms with Gasteiger partial charge in [-0.25, -0.2) is 0 Å². The summed E-state index contributed by atoms with van der Waals surface area (Å²) < 4.78 is 0. The molecule has 0 atom stereocenters. The molecule has 100 valence electrons. The molecule has 0 saturated carbocycles. The highest BCUT2D eigenvalue weighted by atomic mass is 35.5. The van der Waals surface area contributed by atoms with Crippen molar-refractivity contribution in [2.24, 2.45) is 0 Å². The third-order valence-electron chi connectivity index (χ3n) is 2.76. The molecule has 1 aliphatic heterocycles. The molecule has 0 aliphatic carbocycles. The van der Waals surface area contributed by atoms with Gasteiger partial charge in [-0.1, -0.05) is 23.7 Å². The second-order valence-corrected chi connectivity index (χ2v) is 6.14. The molecule has 0 bridgehead atoms. The summed E-state index contributed by atoms with van der Waals surface area (Å²) in [6, 6.07) is 11.7. The molecule has 0 unspecified atom stereocenters. The summed E-state index contributed by atoms with van der Waals surface area (Å²) in [5.41, 5.74) is 1.57. The largest absolute Gasteiger partial charge is 0.328 e. The standard InChI is InChI=1S/C14H9ClN2OS2/c15-9-3-1-8(2-4-9)12-6-5-10(20-12)7-11-13(18)17-14(19)16-11/h1-7H,(H2,16,17,18,19)/b11-7+. The van der Waals surface area contributed by atoms with E-state index < -0.39 is 0 Å². The molecular formula is C14H9ClN2OS2. The van der Waals surface area contributed by atoms with Crippen molar-refractivity contribution < 1.29 is 4.79 Å². The van der Waals surface area contributed by atoms with Gasteiger partial charge in [0.1, 0.15) is 5.70 Å². The third-order valence-corrected chi connectivity index (χ3v) is 4.30.